The standard InChI is InChI=1S/C7H7ClO2S.2C7H16.C6H14O/c1-6-2-4-7(5-3-6)11(8,9)10;2*1-5-7(3,4)6-2;1-4-6(2,3)5-7/h2-5H,1H3;2*5-6H2,1-4H3;7H,4-5H2,1-3H3. The lowest BCUT2D eigenvalue weighted by atomic mass is 9.88. The SMILES string of the molecule is CCC(C)(C)CC.CCC(C)(C)CC.CCC(C)(C)CO.Cc1ccc(S(=O)(=O)Cl)cc1. The molecular weight excluding hydrogens is 440 g/mol. The second-order valence-electron chi connectivity index (χ2n) is 10.7. The minimum atomic E-state index is -3.55. The smallest absolute Gasteiger partial charge is 0.261 e. The zero-order chi connectivity index (χ0) is 26.2. The van der Waals surface area contributed by atoms with Crippen molar-refractivity contribution in [1.82, 2.24) is 0 Å². The third-order valence-electron chi connectivity index (χ3n) is 6.52. The molecule has 3 nitrogen and oxygen atoms in total. The Bertz CT molecular complexity index is 619. The molecule has 1 aromatic rings. The highest BCUT2D eigenvalue weighted by atomic mass is 35.7. The first-order valence-corrected chi connectivity index (χ1v) is 14.3. The van der Waals surface area contributed by atoms with E-state index >= 15 is 0 Å². The number of hydrogen-bond acceptors (Lipinski definition) is 3. The van der Waals surface area contributed by atoms with Crippen molar-refractivity contribution < 1.29 is 13.5 Å². The zero-order valence-corrected chi connectivity index (χ0v) is 24.7. The van der Waals surface area contributed by atoms with E-state index < -0.39 is 9.05 Å². The predicted octanol–water partition coefficient (Wildman–Crippen LogP) is 9.00. The molecular formula is C27H53ClO3S. The molecule has 1 rings (SSSR count). The molecule has 0 amide bonds. The van der Waals surface area contributed by atoms with Crippen molar-refractivity contribution in [2.45, 2.75) is 120 Å². The maximum atomic E-state index is 10.7. The molecule has 0 unspecified atom stereocenters. The van der Waals surface area contributed by atoms with Gasteiger partial charge in [-0.3, -0.25) is 0 Å². The van der Waals surface area contributed by atoms with Gasteiger partial charge >= 0.3 is 0 Å². The van der Waals surface area contributed by atoms with Gasteiger partial charge in [0, 0.05) is 17.3 Å². The van der Waals surface area contributed by atoms with Gasteiger partial charge < -0.3 is 5.11 Å². The lowest BCUT2D eigenvalue weighted by molar-refractivity contribution is 0.155. The van der Waals surface area contributed by atoms with Crippen molar-refractivity contribution >= 4 is 19.7 Å². The van der Waals surface area contributed by atoms with Gasteiger partial charge in [0.25, 0.3) is 9.05 Å². The highest BCUT2D eigenvalue weighted by Crippen LogP contribution is 2.23. The Morgan fingerprint density at radius 1 is 0.688 bits per heavy atom. The molecule has 1 aromatic carbocycles. The third kappa shape index (κ3) is 21.3. The Morgan fingerprint density at radius 2 is 0.969 bits per heavy atom. The summed E-state index contributed by atoms with van der Waals surface area (Å²) in [6.45, 7) is 26.5. The summed E-state index contributed by atoms with van der Waals surface area (Å²) in [6, 6.07) is 6.37. The molecule has 0 radical (unpaired) electrons. The lowest BCUT2D eigenvalue weighted by Crippen LogP contribution is -2.14. The van der Waals surface area contributed by atoms with Gasteiger partial charge in [0.15, 0.2) is 0 Å². The number of halogens is 1. The summed E-state index contributed by atoms with van der Waals surface area (Å²) in [5.74, 6) is 0. The fourth-order valence-corrected chi connectivity index (χ4v) is 2.08. The fraction of sp³-hybridized carbons (Fsp3) is 0.778. The number of hydrogen-bond donors (Lipinski definition) is 1. The molecule has 0 aliphatic heterocycles. The van der Waals surface area contributed by atoms with Crippen LogP contribution in [0.25, 0.3) is 0 Å². The van der Waals surface area contributed by atoms with Crippen LogP contribution >= 0.6 is 10.7 Å². The van der Waals surface area contributed by atoms with Gasteiger partial charge in [0.05, 0.1) is 4.90 Å². The normalized spacial score (nSPS) is 11.8. The molecule has 32 heavy (non-hydrogen) atoms. The molecule has 0 saturated carbocycles. The number of benzene rings is 1. The summed E-state index contributed by atoms with van der Waals surface area (Å²) in [6.07, 6.45) is 6.23. The van der Waals surface area contributed by atoms with Crippen molar-refractivity contribution in [2.75, 3.05) is 6.61 Å². The van der Waals surface area contributed by atoms with E-state index in [0.29, 0.717) is 17.4 Å². The molecule has 0 fully saturated rings. The van der Waals surface area contributed by atoms with Crippen LogP contribution in [-0.2, 0) is 9.05 Å². The van der Waals surface area contributed by atoms with Crippen molar-refractivity contribution in [3.63, 3.8) is 0 Å². The molecule has 0 aliphatic carbocycles. The van der Waals surface area contributed by atoms with Gasteiger partial charge in [0.1, 0.15) is 0 Å². The molecule has 0 aliphatic rings. The predicted molar refractivity (Wildman–Crippen MR) is 144 cm³/mol. The monoisotopic (exact) mass is 492 g/mol. The van der Waals surface area contributed by atoms with Gasteiger partial charge in [-0.25, -0.2) is 8.42 Å². The average molecular weight is 493 g/mol. The quantitative estimate of drug-likeness (QED) is 0.386. The minimum Gasteiger partial charge on any atom is -0.396 e. The Labute approximate surface area is 205 Å². The number of aliphatic hydroxyl groups excluding tert-OH is 1. The van der Waals surface area contributed by atoms with Crippen LogP contribution in [-0.4, -0.2) is 20.1 Å². The maximum absolute atomic E-state index is 10.7. The van der Waals surface area contributed by atoms with Crippen LogP contribution in [0.2, 0.25) is 0 Å². The van der Waals surface area contributed by atoms with E-state index in [-0.39, 0.29) is 10.3 Å². The lowest BCUT2D eigenvalue weighted by Gasteiger charge is -2.18. The van der Waals surface area contributed by atoms with Gasteiger partial charge in [-0.2, -0.15) is 0 Å². The van der Waals surface area contributed by atoms with Crippen molar-refractivity contribution in [1.29, 1.82) is 0 Å². The molecule has 192 valence electrons. The van der Waals surface area contributed by atoms with Crippen LogP contribution in [0.3, 0.4) is 0 Å². The van der Waals surface area contributed by atoms with Crippen molar-refractivity contribution in [3.05, 3.63) is 29.8 Å². The van der Waals surface area contributed by atoms with Crippen molar-refractivity contribution in [2.24, 2.45) is 16.2 Å². The highest BCUT2D eigenvalue weighted by molar-refractivity contribution is 8.13. The van der Waals surface area contributed by atoms with E-state index in [1.54, 1.807) is 12.1 Å². The molecule has 0 bridgehead atoms. The number of rotatable bonds is 7. The van der Waals surface area contributed by atoms with Gasteiger partial charge in [0.2, 0.25) is 0 Å². The van der Waals surface area contributed by atoms with E-state index in [4.69, 9.17) is 15.8 Å². The van der Waals surface area contributed by atoms with E-state index in [0.717, 1.165) is 12.0 Å². The van der Waals surface area contributed by atoms with Crippen LogP contribution in [0, 0.1) is 23.2 Å². The first-order valence-electron chi connectivity index (χ1n) is 12.0. The molecule has 0 spiro atoms. The first kappa shape index (κ1) is 36.0. The van der Waals surface area contributed by atoms with Crippen LogP contribution in [0.5, 0.6) is 0 Å². The number of aryl methyl sites for hydroxylation is 1. The Kier molecular flexibility index (Phi) is 19.1. The molecule has 5 heteroatoms. The highest BCUT2D eigenvalue weighted by Gasteiger charge is 2.12. The number of aliphatic hydroxyl groups is 1. The van der Waals surface area contributed by atoms with E-state index in [1.807, 2.05) is 20.8 Å². The Hall–Kier alpha value is -0.580. The maximum Gasteiger partial charge on any atom is 0.261 e. The van der Waals surface area contributed by atoms with Crippen LogP contribution in [0.15, 0.2) is 29.2 Å². The van der Waals surface area contributed by atoms with E-state index in [9.17, 15) is 8.42 Å². The van der Waals surface area contributed by atoms with Crippen LogP contribution < -0.4 is 0 Å². The summed E-state index contributed by atoms with van der Waals surface area (Å²) in [4.78, 5) is 0.143. The summed E-state index contributed by atoms with van der Waals surface area (Å²) in [7, 11) is 1.54. The molecule has 0 saturated heterocycles. The summed E-state index contributed by atoms with van der Waals surface area (Å²) >= 11 is 0. The molecule has 0 heterocycles. The van der Waals surface area contributed by atoms with Crippen molar-refractivity contribution in [3.8, 4) is 0 Å². The van der Waals surface area contributed by atoms with Gasteiger partial charge in [-0.1, -0.05) is 120 Å². The average Bonchev–Trinajstić information content (AvgIpc) is 2.74. The summed E-state index contributed by atoms with van der Waals surface area (Å²) in [5, 5.41) is 8.59. The largest absolute Gasteiger partial charge is 0.396 e. The van der Waals surface area contributed by atoms with Gasteiger partial charge in [-0.15, -0.1) is 0 Å². The zero-order valence-electron chi connectivity index (χ0n) is 23.1. The summed E-state index contributed by atoms with van der Waals surface area (Å²) in [5.41, 5.74) is 2.31. The molecule has 0 aromatic heterocycles. The second-order valence-corrected chi connectivity index (χ2v) is 13.2. The van der Waals surface area contributed by atoms with Crippen LogP contribution in [0.1, 0.15) is 114 Å². The first-order chi connectivity index (χ1) is 14.4. The topological polar surface area (TPSA) is 54.4 Å². The third-order valence-corrected chi connectivity index (χ3v) is 7.89. The Balaban J connectivity index is -0.000000361. The molecule has 0 atom stereocenters. The minimum absolute atomic E-state index is 0.139. The van der Waals surface area contributed by atoms with Gasteiger partial charge in [-0.05, 0) is 41.7 Å². The van der Waals surface area contributed by atoms with Crippen LogP contribution in [0.4, 0.5) is 0 Å². The van der Waals surface area contributed by atoms with E-state index in [1.165, 1.54) is 37.8 Å². The molecule has 1 N–H and O–H groups in total. The van der Waals surface area contributed by atoms with E-state index in [2.05, 4.69) is 62.3 Å². The fourth-order valence-electron chi connectivity index (χ4n) is 1.31. The second kappa shape index (κ2) is 16.9. The summed E-state index contributed by atoms with van der Waals surface area (Å²) < 4.78 is 21.4. The Morgan fingerprint density at radius 3 is 1.09 bits per heavy atom.